The molecule has 0 radical (unpaired) electrons. The van der Waals surface area contributed by atoms with Gasteiger partial charge in [-0.25, -0.2) is 4.57 Å². The van der Waals surface area contributed by atoms with Crippen molar-refractivity contribution in [1.82, 2.24) is 0 Å². The van der Waals surface area contributed by atoms with E-state index in [9.17, 15) is 0 Å². The van der Waals surface area contributed by atoms with Gasteiger partial charge >= 0.3 is 7.82 Å². The van der Waals surface area contributed by atoms with Gasteiger partial charge in [-0.05, 0) is 46.5 Å². The van der Waals surface area contributed by atoms with Gasteiger partial charge < -0.3 is 28.0 Å². The Morgan fingerprint density at radius 1 is 0.491 bits per heavy atom. The van der Waals surface area contributed by atoms with Crippen LogP contribution in [0, 0.1) is 0 Å². The first-order chi connectivity index (χ1) is 28.1. The molecule has 0 N–H and O–H groups in total. The Bertz CT molecular complexity index is 2010. The molecule has 1 fully saturated rings. The summed E-state index contributed by atoms with van der Waals surface area (Å²) < 4.78 is 60.8. The van der Waals surface area contributed by atoms with Gasteiger partial charge in [0.25, 0.3) is 0 Å². The highest BCUT2D eigenvalue weighted by Crippen LogP contribution is 2.53. The van der Waals surface area contributed by atoms with Crippen molar-refractivity contribution in [2.24, 2.45) is 0 Å². The second kappa shape index (κ2) is 20.9. The predicted octanol–water partition coefficient (Wildman–Crippen LogP) is 10.8. The fraction of sp³-hybridized carbons (Fsp3) is 0.250. The Hall–Kier alpha value is -5.05. The minimum absolute atomic E-state index is 0.275. The fourth-order valence-electron chi connectivity index (χ4n) is 6.84. The molecular weight excluding hydrogens is 735 g/mol. The van der Waals surface area contributed by atoms with Gasteiger partial charge in [0.2, 0.25) is 0 Å². The summed E-state index contributed by atoms with van der Waals surface area (Å²) in [6.07, 6.45) is -1.40. The molecule has 6 aromatic rings. The molecule has 0 aromatic heterocycles. The standard InChI is InChI=1S/C48H49O8P/c49-57(54-42-27-15-5-16-28-42,55-43-29-17-6-18-30-43)56-48-46(52-36-41-25-13-4-14-26-41)32-44(51-35-40-23-11-3-12-24-40)33-47(48)53-45(31-38-19-7-1-8-20-38)37-50-34-39-21-9-2-10-22-39/h1-30,44-48H,31-37H2/t44-,45+,46-,47-,48-/m1/s1. The van der Waals surface area contributed by atoms with Gasteiger partial charge in [-0.2, -0.15) is 0 Å². The van der Waals surface area contributed by atoms with Crippen LogP contribution in [-0.4, -0.2) is 37.1 Å². The lowest BCUT2D eigenvalue weighted by Gasteiger charge is -2.42. The molecule has 8 nitrogen and oxygen atoms in total. The summed E-state index contributed by atoms with van der Waals surface area (Å²) in [4.78, 5) is 0. The maximum Gasteiger partial charge on any atom is 0.588 e. The van der Waals surface area contributed by atoms with Crippen LogP contribution >= 0.6 is 7.82 Å². The van der Waals surface area contributed by atoms with Crippen LogP contribution in [0.25, 0.3) is 0 Å². The molecule has 0 aliphatic heterocycles. The molecule has 294 valence electrons. The van der Waals surface area contributed by atoms with Gasteiger partial charge in [0.1, 0.15) is 17.6 Å². The Morgan fingerprint density at radius 3 is 1.42 bits per heavy atom. The summed E-state index contributed by atoms with van der Waals surface area (Å²) in [7, 11) is -4.39. The number of hydrogen-bond acceptors (Lipinski definition) is 8. The topological polar surface area (TPSA) is 81.7 Å². The van der Waals surface area contributed by atoms with Crippen molar-refractivity contribution >= 4 is 7.82 Å². The van der Waals surface area contributed by atoms with Gasteiger partial charge in [-0.3, -0.25) is 4.52 Å². The smallest absolute Gasteiger partial charge is 0.395 e. The van der Waals surface area contributed by atoms with Crippen LogP contribution < -0.4 is 9.05 Å². The number of para-hydroxylation sites is 2. The zero-order valence-corrected chi connectivity index (χ0v) is 32.8. The third-order valence-corrected chi connectivity index (χ3v) is 11.0. The maximum atomic E-state index is 15.0. The Morgan fingerprint density at radius 2 is 0.912 bits per heavy atom. The van der Waals surface area contributed by atoms with Crippen LogP contribution in [0.4, 0.5) is 0 Å². The first-order valence-electron chi connectivity index (χ1n) is 19.5. The average molecular weight is 785 g/mol. The van der Waals surface area contributed by atoms with Crippen LogP contribution in [-0.2, 0) is 54.3 Å². The zero-order valence-electron chi connectivity index (χ0n) is 31.9. The van der Waals surface area contributed by atoms with E-state index in [0.717, 1.165) is 22.3 Å². The van der Waals surface area contributed by atoms with Gasteiger partial charge in [-0.1, -0.05) is 158 Å². The van der Waals surface area contributed by atoms with Crippen LogP contribution in [0.5, 0.6) is 11.5 Å². The Kier molecular flexibility index (Phi) is 14.7. The lowest BCUT2D eigenvalue weighted by Crippen LogP contribution is -2.52. The average Bonchev–Trinajstić information content (AvgIpc) is 3.25. The van der Waals surface area contributed by atoms with Gasteiger partial charge in [0.15, 0.2) is 0 Å². The monoisotopic (exact) mass is 784 g/mol. The third kappa shape index (κ3) is 12.7. The molecule has 6 aromatic carbocycles. The summed E-state index contributed by atoms with van der Waals surface area (Å²) in [5.74, 6) is 0.680. The maximum absolute atomic E-state index is 15.0. The van der Waals surface area contributed by atoms with Crippen LogP contribution in [0.15, 0.2) is 182 Å². The highest BCUT2D eigenvalue weighted by Gasteiger charge is 2.48. The SMILES string of the molecule is O=P(Oc1ccccc1)(Oc1ccccc1)O[C@@H]1[C@H](OCc2ccccc2)C[C@@H](OCc2ccccc2)C[C@H]1O[C@H](COCc1ccccc1)Cc1ccccc1. The normalized spacial score (nSPS) is 18.7. The van der Waals surface area contributed by atoms with Crippen molar-refractivity contribution in [3.8, 4) is 11.5 Å². The van der Waals surface area contributed by atoms with E-state index in [2.05, 4.69) is 12.1 Å². The van der Waals surface area contributed by atoms with Crippen molar-refractivity contribution in [1.29, 1.82) is 0 Å². The van der Waals surface area contributed by atoms with Crippen LogP contribution in [0.3, 0.4) is 0 Å². The van der Waals surface area contributed by atoms with Crippen LogP contribution in [0.2, 0.25) is 0 Å². The van der Waals surface area contributed by atoms with Crippen LogP contribution in [0.1, 0.15) is 35.1 Å². The molecule has 0 heterocycles. The van der Waals surface area contributed by atoms with Crippen molar-refractivity contribution in [2.45, 2.75) is 69.6 Å². The second-order valence-corrected chi connectivity index (χ2v) is 15.5. The molecule has 1 saturated carbocycles. The molecule has 7 rings (SSSR count). The van der Waals surface area contributed by atoms with Gasteiger partial charge in [0, 0.05) is 19.3 Å². The van der Waals surface area contributed by atoms with E-state index >= 15 is 4.57 Å². The molecule has 57 heavy (non-hydrogen) atoms. The van der Waals surface area contributed by atoms with Crippen molar-refractivity contribution in [3.05, 3.63) is 204 Å². The summed E-state index contributed by atoms with van der Waals surface area (Å²) in [5.41, 5.74) is 4.21. The minimum atomic E-state index is -4.39. The molecule has 0 spiro atoms. The summed E-state index contributed by atoms with van der Waals surface area (Å²) >= 11 is 0. The van der Waals surface area contributed by atoms with E-state index < -0.39 is 32.2 Å². The molecular formula is C48H49O8P. The number of rotatable bonds is 20. The highest BCUT2D eigenvalue weighted by molar-refractivity contribution is 7.49. The molecule has 1 aliphatic carbocycles. The number of hydrogen-bond donors (Lipinski definition) is 0. The van der Waals surface area contributed by atoms with E-state index in [1.165, 1.54) is 0 Å². The van der Waals surface area contributed by atoms with Gasteiger partial charge in [-0.15, -0.1) is 0 Å². The lowest BCUT2D eigenvalue weighted by atomic mass is 9.89. The Balaban J connectivity index is 1.22. The number of phosphoric ester groups is 1. The van der Waals surface area contributed by atoms with E-state index in [4.69, 9.17) is 32.5 Å². The van der Waals surface area contributed by atoms with E-state index in [0.29, 0.717) is 57.2 Å². The molecule has 0 saturated heterocycles. The zero-order chi connectivity index (χ0) is 39.0. The largest absolute Gasteiger partial charge is 0.588 e. The molecule has 1 aliphatic rings. The van der Waals surface area contributed by atoms with Crippen molar-refractivity contribution in [2.75, 3.05) is 6.61 Å². The number of benzene rings is 6. The van der Waals surface area contributed by atoms with E-state index in [1.54, 1.807) is 48.5 Å². The summed E-state index contributed by atoms with van der Waals surface area (Å²) in [6, 6.07) is 58.1. The first kappa shape index (κ1) is 40.2. The minimum Gasteiger partial charge on any atom is -0.395 e. The van der Waals surface area contributed by atoms with Crippen molar-refractivity contribution < 1.29 is 37.1 Å². The number of ether oxygens (including phenoxy) is 4. The molecule has 0 unspecified atom stereocenters. The van der Waals surface area contributed by atoms with Gasteiger partial charge in [0.05, 0.1) is 50.8 Å². The predicted molar refractivity (Wildman–Crippen MR) is 221 cm³/mol. The summed E-state index contributed by atoms with van der Waals surface area (Å²) in [6.45, 7) is 1.43. The molecule has 0 amide bonds. The van der Waals surface area contributed by atoms with E-state index in [1.807, 2.05) is 121 Å². The highest BCUT2D eigenvalue weighted by atomic mass is 31.2. The van der Waals surface area contributed by atoms with Crippen molar-refractivity contribution in [3.63, 3.8) is 0 Å². The number of phosphoric acid groups is 1. The lowest BCUT2D eigenvalue weighted by molar-refractivity contribution is -0.186. The fourth-order valence-corrected chi connectivity index (χ4v) is 8.29. The molecule has 5 atom stereocenters. The Labute approximate surface area is 335 Å². The first-order valence-corrected chi connectivity index (χ1v) is 20.9. The second-order valence-electron chi connectivity index (χ2n) is 14.0. The summed E-state index contributed by atoms with van der Waals surface area (Å²) in [5, 5.41) is 0. The quantitative estimate of drug-likeness (QED) is 0.0708. The molecule has 0 bridgehead atoms. The third-order valence-electron chi connectivity index (χ3n) is 9.62. The van der Waals surface area contributed by atoms with E-state index in [-0.39, 0.29) is 6.10 Å². The molecule has 9 heteroatoms.